The number of nitrogens with two attached hydrogens (primary N) is 1. The number of rotatable bonds is 5. The van der Waals surface area contributed by atoms with Crippen LogP contribution in [0, 0.1) is 10.1 Å². The third-order valence-corrected chi connectivity index (χ3v) is 2.91. The number of anilines is 1. The molecule has 1 aromatic heterocycles. The van der Waals surface area contributed by atoms with Crippen molar-refractivity contribution < 1.29 is 14.5 Å². The molecular weight excluding hydrogens is 290 g/mol. The topological polar surface area (TPSA) is 133 Å². The van der Waals surface area contributed by atoms with E-state index in [2.05, 4.69) is 10.4 Å². The molecule has 2 aromatic rings. The van der Waals surface area contributed by atoms with Gasteiger partial charge in [-0.3, -0.25) is 24.4 Å². The number of nitro benzene ring substituents is 1. The van der Waals surface area contributed by atoms with E-state index in [0.29, 0.717) is 6.54 Å². The summed E-state index contributed by atoms with van der Waals surface area (Å²) in [4.78, 5) is 33.4. The molecule has 0 fully saturated rings. The normalized spacial score (nSPS) is 10.2. The van der Waals surface area contributed by atoms with Crippen molar-refractivity contribution in [2.24, 2.45) is 5.73 Å². The minimum Gasteiger partial charge on any atom is -0.364 e. The van der Waals surface area contributed by atoms with Crippen molar-refractivity contribution in [2.75, 3.05) is 5.32 Å². The van der Waals surface area contributed by atoms with Gasteiger partial charge in [0.1, 0.15) is 0 Å². The Morgan fingerprint density at radius 2 is 2.00 bits per heavy atom. The first-order chi connectivity index (χ1) is 10.4. The Kier molecular flexibility index (Phi) is 4.16. The molecule has 0 atom stereocenters. The van der Waals surface area contributed by atoms with Crippen molar-refractivity contribution in [3.05, 3.63) is 51.8 Å². The number of carbonyl (C=O) groups excluding carboxylic acids is 2. The molecule has 0 aliphatic rings. The summed E-state index contributed by atoms with van der Waals surface area (Å²) in [6.07, 6.45) is 1.49. The molecule has 1 heterocycles. The lowest BCUT2D eigenvalue weighted by molar-refractivity contribution is -0.384. The van der Waals surface area contributed by atoms with Crippen LogP contribution in [0.15, 0.2) is 30.5 Å². The van der Waals surface area contributed by atoms with Crippen molar-refractivity contribution in [1.29, 1.82) is 0 Å². The molecule has 9 heteroatoms. The second-order valence-electron chi connectivity index (χ2n) is 4.37. The average molecular weight is 303 g/mol. The zero-order chi connectivity index (χ0) is 16.3. The fourth-order valence-corrected chi connectivity index (χ4v) is 1.79. The minimum absolute atomic E-state index is 0.0443. The summed E-state index contributed by atoms with van der Waals surface area (Å²) < 4.78 is 1.46. The van der Waals surface area contributed by atoms with Gasteiger partial charge in [-0.25, -0.2) is 0 Å². The highest BCUT2D eigenvalue weighted by atomic mass is 16.6. The van der Waals surface area contributed by atoms with Crippen molar-refractivity contribution in [2.45, 2.75) is 13.5 Å². The molecule has 114 valence electrons. The van der Waals surface area contributed by atoms with Crippen LogP contribution in [0.25, 0.3) is 0 Å². The highest BCUT2D eigenvalue weighted by molar-refractivity contribution is 6.08. The monoisotopic (exact) mass is 303 g/mol. The lowest BCUT2D eigenvalue weighted by atomic mass is 10.2. The van der Waals surface area contributed by atoms with Gasteiger partial charge in [-0.1, -0.05) is 0 Å². The van der Waals surface area contributed by atoms with Gasteiger partial charge in [0, 0.05) is 30.4 Å². The van der Waals surface area contributed by atoms with Gasteiger partial charge in [0.25, 0.3) is 17.5 Å². The molecule has 0 saturated heterocycles. The first kappa shape index (κ1) is 15.2. The zero-order valence-electron chi connectivity index (χ0n) is 11.6. The van der Waals surface area contributed by atoms with Gasteiger partial charge in [0.15, 0.2) is 5.69 Å². The van der Waals surface area contributed by atoms with Crippen LogP contribution in [0.2, 0.25) is 0 Å². The molecule has 22 heavy (non-hydrogen) atoms. The zero-order valence-corrected chi connectivity index (χ0v) is 11.6. The van der Waals surface area contributed by atoms with Gasteiger partial charge in [0.05, 0.1) is 10.6 Å². The van der Waals surface area contributed by atoms with E-state index >= 15 is 0 Å². The number of hydrogen-bond donors (Lipinski definition) is 2. The van der Waals surface area contributed by atoms with Crippen LogP contribution in [0.3, 0.4) is 0 Å². The third-order valence-electron chi connectivity index (χ3n) is 2.91. The summed E-state index contributed by atoms with van der Waals surface area (Å²) in [5, 5.41) is 17.0. The van der Waals surface area contributed by atoms with Gasteiger partial charge >= 0.3 is 0 Å². The lowest BCUT2D eigenvalue weighted by Gasteiger charge is -2.03. The van der Waals surface area contributed by atoms with Crippen molar-refractivity contribution in [3.63, 3.8) is 0 Å². The smallest absolute Gasteiger partial charge is 0.271 e. The standard InChI is InChI=1S/C13H13N5O4/c1-2-17-7-10(11(16-17)12(14)19)15-13(20)8-3-5-9(6-4-8)18(21)22/h3-7H,2H2,1H3,(H2,14,19)(H,15,20). The number of aryl methyl sites for hydroxylation is 1. The number of nitro groups is 1. The van der Waals surface area contributed by atoms with E-state index in [1.165, 1.54) is 35.1 Å². The molecule has 0 radical (unpaired) electrons. The predicted molar refractivity (Wildman–Crippen MR) is 77.5 cm³/mol. The summed E-state index contributed by atoms with van der Waals surface area (Å²) in [6.45, 7) is 2.33. The van der Waals surface area contributed by atoms with Crippen LogP contribution in [0.1, 0.15) is 27.8 Å². The maximum Gasteiger partial charge on any atom is 0.271 e. The fourth-order valence-electron chi connectivity index (χ4n) is 1.79. The largest absolute Gasteiger partial charge is 0.364 e. The van der Waals surface area contributed by atoms with E-state index in [0.717, 1.165) is 0 Å². The second kappa shape index (κ2) is 6.04. The molecule has 1 aromatic carbocycles. The van der Waals surface area contributed by atoms with Crippen molar-refractivity contribution in [1.82, 2.24) is 9.78 Å². The number of hydrogen-bond acceptors (Lipinski definition) is 5. The van der Waals surface area contributed by atoms with Crippen LogP contribution in [0.5, 0.6) is 0 Å². The number of primary amides is 1. The van der Waals surface area contributed by atoms with Gasteiger partial charge in [-0.05, 0) is 19.1 Å². The fraction of sp³-hybridized carbons (Fsp3) is 0.154. The second-order valence-corrected chi connectivity index (χ2v) is 4.37. The Morgan fingerprint density at radius 1 is 1.36 bits per heavy atom. The maximum absolute atomic E-state index is 12.1. The highest BCUT2D eigenvalue weighted by Gasteiger charge is 2.17. The summed E-state index contributed by atoms with van der Waals surface area (Å²) in [5.41, 5.74) is 5.45. The van der Waals surface area contributed by atoms with Crippen LogP contribution in [-0.2, 0) is 6.54 Å². The Labute approximate surface area is 124 Å². The van der Waals surface area contributed by atoms with E-state index in [9.17, 15) is 19.7 Å². The van der Waals surface area contributed by atoms with E-state index in [-0.39, 0.29) is 22.6 Å². The SMILES string of the molecule is CCn1cc(NC(=O)c2ccc([N+](=O)[O-])cc2)c(C(N)=O)n1. The number of nitrogens with one attached hydrogen (secondary N) is 1. The maximum atomic E-state index is 12.1. The molecule has 2 amide bonds. The van der Waals surface area contributed by atoms with Gasteiger partial charge in [0.2, 0.25) is 0 Å². The number of aromatic nitrogens is 2. The first-order valence-corrected chi connectivity index (χ1v) is 6.35. The first-order valence-electron chi connectivity index (χ1n) is 6.35. The molecule has 3 N–H and O–H groups in total. The number of carbonyl (C=O) groups is 2. The van der Waals surface area contributed by atoms with E-state index in [1.54, 1.807) is 0 Å². The van der Waals surface area contributed by atoms with Gasteiger partial charge in [-0.2, -0.15) is 5.10 Å². The molecule has 0 bridgehead atoms. The lowest BCUT2D eigenvalue weighted by Crippen LogP contribution is -2.17. The van der Waals surface area contributed by atoms with Crippen molar-refractivity contribution >= 4 is 23.2 Å². The van der Waals surface area contributed by atoms with Gasteiger partial charge in [-0.15, -0.1) is 0 Å². The Bertz CT molecular complexity index is 735. The Balaban J connectivity index is 2.23. The van der Waals surface area contributed by atoms with E-state index < -0.39 is 16.7 Å². The molecule has 0 saturated carbocycles. The van der Waals surface area contributed by atoms with Gasteiger partial charge < -0.3 is 11.1 Å². The third kappa shape index (κ3) is 3.08. The Morgan fingerprint density at radius 3 is 2.50 bits per heavy atom. The molecule has 2 rings (SSSR count). The molecule has 0 spiro atoms. The van der Waals surface area contributed by atoms with Crippen LogP contribution in [0.4, 0.5) is 11.4 Å². The molecule has 9 nitrogen and oxygen atoms in total. The molecule has 0 unspecified atom stereocenters. The quantitative estimate of drug-likeness (QED) is 0.631. The number of non-ortho nitro benzene ring substituents is 1. The molecular formula is C13H13N5O4. The number of nitrogens with zero attached hydrogens (tertiary/aromatic N) is 3. The summed E-state index contributed by atoms with van der Waals surface area (Å²) in [7, 11) is 0. The summed E-state index contributed by atoms with van der Waals surface area (Å²) >= 11 is 0. The van der Waals surface area contributed by atoms with Crippen LogP contribution in [-0.4, -0.2) is 26.5 Å². The van der Waals surface area contributed by atoms with Crippen LogP contribution < -0.4 is 11.1 Å². The number of benzene rings is 1. The van der Waals surface area contributed by atoms with E-state index in [1.807, 2.05) is 6.92 Å². The number of amides is 2. The van der Waals surface area contributed by atoms with E-state index in [4.69, 9.17) is 5.73 Å². The summed E-state index contributed by atoms with van der Waals surface area (Å²) in [5.74, 6) is -1.28. The summed E-state index contributed by atoms with van der Waals surface area (Å²) in [6, 6.07) is 5.09. The molecule has 0 aliphatic carbocycles. The molecule has 0 aliphatic heterocycles. The van der Waals surface area contributed by atoms with Crippen LogP contribution >= 0.6 is 0 Å². The average Bonchev–Trinajstić information content (AvgIpc) is 2.90. The predicted octanol–water partition coefficient (Wildman–Crippen LogP) is 1.16. The minimum atomic E-state index is -0.758. The van der Waals surface area contributed by atoms with Crippen molar-refractivity contribution in [3.8, 4) is 0 Å². The highest BCUT2D eigenvalue weighted by Crippen LogP contribution is 2.16. The Hall–Kier alpha value is -3.23.